The molecule has 0 saturated carbocycles. The van der Waals surface area contributed by atoms with Crippen molar-refractivity contribution in [3.8, 4) is 35.7 Å². The number of para-hydroxylation sites is 5. The number of hydrogen-bond donors (Lipinski definition) is 2. The van der Waals surface area contributed by atoms with E-state index in [1.165, 1.54) is 14.7 Å². The molecule has 0 spiro atoms. The van der Waals surface area contributed by atoms with E-state index in [0.29, 0.717) is 16.8 Å². The minimum Gasteiger partial charge on any atom is -0.497 e. The molecule has 109 heavy (non-hydrogen) atoms. The molecule has 3 N–H and O–H groups in total. The van der Waals surface area contributed by atoms with Crippen LogP contribution < -0.4 is 35.2 Å². The summed E-state index contributed by atoms with van der Waals surface area (Å²) in [4.78, 5) is 54.0. The third-order valence-corrected chi connectivity index (χ3v) is 18.9. The fourth-order valence-corrected chi connectivity index (χ4v) is 12.5. The quantitative estimate of drug-likeness (QED) is 0.0363. The van der Waals surface area contributed by atoms with E-state index in [0.717, 1.165) is 129 Å². The normalized spacial score (nSPS) is 10.2. The molecule has 0 radical (unpaired) electrons. The zero-order chi connectivity index (χ0) is 77.8. The van der Waals surface area contributed by atoms with E-state index in [-0.39, 0.29) is 5.28 Å². The Morgan fingerprint density at radius 2 is 0.734 bits per heavy atom. The highest BCUT2D eigenvalue weighted by atomic mass is 35.5. The van der Waals surface area contributed by atoms with Gasteiger partial charge in [-0.25, -0.2) is 44.9 Å². The monoisotopic (exact) mass is 1540 g/mol. The number of halogens is 2. The highest BCUT2D eigenvalue weighted by Gasteiger charge is 2.16. The van der Waals surface area contributed by atoms with Crippen LogP contribution in [0.3, 0.4) is 0 Å². The molecule has 0 aliphatic heterocycles. The van der Waals surface area contributed by atoms with Crippen LogP contribution in [0, 0.1) is 45.0 Å². The number of aryl methyl sites for hydroxylation is 3. The Hall–Kier alpha value is -11.8. The Balaban J connectivity index is 0.000000153. The number of aromatic nitrogens is 10. The van der Waals surface area contributed by atoms with Crippen LogP contribution in [0.15, 0.2) is 257 Å². The van der Waals surface area contributed by atoms with Crippen molar-refractivity contribution in [1.29, 1.82) is 0 Å². The van der Waals surface area contributed by atoms with Crippen molar-refractivity contribution in [2.45, 2.75) is 49.3 Å². The summed E-state index contributed by atoms with van der Waals surface area (Å²) in [6.45, 7) is 9.11. The molecule has 0 saturated heterocycles. The predicted octanol–water partition coefficient (Wildman–Crippen LogP) is 21.9. The number of methoxy groups -OCH3 is 2. The molecule has 17 nitrogen and oxygen atoms in total. The van der Waals surface area contributed by atoms with E-state index < -0.39 is 0 Å². The predicted molar refractivity (Wildman–Crippen MR) is 462 cm³/mol. The smallest absolute Gasteiger partial charge is 0.224 e. The van der Waals surface area contributed by atoms with Crippen LogP contribution in [0.25, 0.3) is 54.5 Å². The maximum atomic E-state index is 6.03. The van der Waals surface area contributed by atoms with Gasteiger partial charge in [0, 0.05) is 91.2 Å². The van der Waals surface area contributed by atoms with Crippen LogP contribution in [0.1, 0.15) is 37.1 Å². The molecule has 10 aromatic carbocycles. The van der Waals surface area contributed by atoms with Crippen molar-refractivity contribution >= 4 is 165 Å². The third-order valence-electron chi connectivity index (χ3n) is 16.3. The lowest BCUT2D eigenvalue weighted by Crippen LogP contribution is -2.13. The molecule has 5 heterocycles. The molecule has 0 atom stereocenters. The first-order chi connectivity index (χ1) is 52.9. The lowest BCUT2D eigenvalue weighted by atomic mass is 10.2. The number of anilines is 9. The van der Waals surface area contributed by atoms with Gasteiger partial charge >= 0.3 is 0 Å². The molecule has 0 fully saturated rings. The number of nitrogens with two attached hydrogens (primary N) is 1. The number of nitrogen functional groups attached to an aromatic ring is 1. The first-order valence-corrected chi connectivity index (χ1v) is 38.6. The summed E-state index contributed by atoms with van der Waals surface area (Å²) < 4.78 is 10.4. The number of nitrogens with one attached hydrogen (secondary N) is 1. The Morgan fingerprint density at radius 3 is 1.17 bits per heavy atom. The average molecular weight is 1540 g/mol. The Bertz CT molecular complexity index is 5470. The second kappa shape index (κ2) is 40.8. The molecule has 0 bridgehead atoms. The first kappa shape index (κ1) is 81.3. The minimum atomic E-state index is 0.240. The summed E-state index contributed by atoms with van der Waals surface area (Å²) in [6.07, 6.45) is 10.8. The summed E-state index contributed by atoms with van der Waals surface area (Å²) in [5.41, 5.74) is 15.0. The summed E-state index contributed by atoms with van der Waals surface area (Å²) in [6, 6.07) is 80.0. The van der Waals surface area contributed by atoms with Crippen molar-refractivity contribution in [2.24, 2.45) is 0 Å². The van der Waals surface area contributed by atoms with Gasteiger partial charge in [0.05, 0.1) is 41.8 Å². The topological polar surface area (TPSA) is 195 Å². The summed E-state index contributed by atoms with van der Waals surface area (Å²) in [5.74, 6) is 15.9. The molecule has 0 amide bonds. The minimum absolute atomic E-state index is 0.240. The van der Waals surface area contributed by atoms with Crippen LogP contribution in [0.4, 0.5) is 51.7 Å². The number of fused-ring (bicyclic) bond motifs is 5. The van der Waals surface area contributed by atoms with E-state index >= 15 is 0 Å². The number of thioether (sulfide) groups is 3. The second-order valence-electron chi connectivity index (χ2n) is 23.6. The van der Waals surface area contributed by atoms with Crippen LogP contribution in [-0.2, 0) is 0 Å². The van der Waals surface area contributed by atoms with E-state index in [1.807, 2.05) is 246 Å². The van der Waals surface area contributed by atoms with Gasteiger partial charge in [0.25, 0.3) is 0 Å². The number of benzene rings is 10. The Labute approximate surface area is 660 Å². The zero-order valence-electron chi connectivity index (χ0n) is 62.9. The summed E-state index contributed by atoms with van der Waals surface area (Å²) >= 11 is 17.1. The van der Waals surface area contributed by atoms with Crippen LogP contribution in [-0.4, -0.2) is 104 Å². The molecule has 15 aromatic rings. The standard InChI is InChI=1S/C19H17N3O.C17H17N3S.C16H14ClN3O.C16H15N3S.C9H7ClN2.C7H9NS.C3H4/c1-4-7-18-20-17-9-6-5-8-16(17)19(21-18)22(2)14-10-12-15(23-3)13-11-14;1-12-18-16-7-5-4-6-15(16)17(19-12)20(2)13-8-10-14(21-3)11-9-13;1-20(11-7-9-12(21-2)10-8-11)15-13-5-3-4-6-14(13)18-16(17)19-15;1-11-17-15-6-4-3-5-14(15)16(18-11)19-12-7-9-13(20-2)10-8-12;1-6-11-8-5-3-2-4-7(8)9(10)12-6;1-9-7-4-2-6(8)3-5-7;1-3-2/h5-6,8-13H,1-3H3;4-11H,1-3H3;3-10H,1-2H3;3-10H,1-2H3,(H,17,18,19);2-5H,1H3;2-5H,8H2,1H3;1H,2H3. The van der Waals surface area contributed by atoms with Crippen molar-refractivity contribution < 1.29 is 9.47 Å². The molecular weight excluding hydrogens is 1450 g/mol. The molecule has 550 valence electrons. The SMILES string of the molecule is C#CC.CC#Cc1nc(N(C)c2ccc(OC)cc2)c2ccccc2n1.COc1ccc(N(C)c2nc(Cl)nc3ccccc23)cc1.CSc1ccc(N(C)c2nc(C)nc3ccccc23)cc1.CSc1ccc(N)cc1.CSc1ccc(Nc2nc(C)nc3ccccc23)cc1.Cc1nc(Cl)c2ccccc2n1. The van der Waals surface area contributed by atoms with Crippen LogP contribution in [0.5, 0.6) is 11.5 Å². The van der Waals surface area contributed by atoms with Gasteiger partial charge < -0.3 is 35.2 Å². The summed E-state index contributed by atoms with van der Waals surface area (Å²) in [5, 5.41) is 9.11. The van der Waals surface area contributed by atoms with Crippen LogP contribution in [0.2, 0.25) is 10.4 Å². The highest BCUT2D eigenvalue weighted by Crippen LogP contribution is 2.35. The van der Waals surface area contributed by atoms with Gasteiger partial charge in [0.1, 0.15) is 57.4 Å². The zero-order valence-corrected chi connectivity index (χ0v) is 66.8. The summed E-state index contributed by atoms with van der Waals surface area (Å²) in [7, 11) is 9.29. The van der Waals surface area contributed by atoms with Gasteiger partial charge in [-0.3, -0.25) is 0 Å². The number of terminal acetylenes is 1. The Morgan fingerprint density at radius 1 is 0.394 bits per heavy atom. The van der Waals surface area contributed by atoms with Crippen molar-refractivity contribution in [3.05, 3.63) is 276 Å². The lowest BCUT2D eigenvalue weighted by molar-refractivity contribution is 0.414. The van der Waals surface area contributed by atoms with Crippen molar-refractivity contribution in [3.63, 3.8) is 0 Å². The largest absolute Gasteiger partial charge is 0.497 e. The van der Waals surface area contributed by atoms with Gasteiger partial charge in [-0.15, -0.1) is 47.6 Å². The molecule has 15 rings (SSSR count). The van der Waals surface area contributed by atoms with E-state index in [4.69, 9.17) is 38.4 Å². The second-order valence-corrected chi connectivity index (χ2v) is 26.9. The maximum Gasteiger partial charge on any atom is 0.224 e. The molecule has 0 unspecified atom stereocenters. The van der Waals surface area contributed by atoms with Crippen molar-refractivity contribution in [2.75, 3.05) is 79.9 Å². The van der Waals surface area contributed by atoms with Gasteiger partial charge in [-0.1, -0.05) is 78.2 Å². The number of ether oxygens (including phenoxy) is 2. The van der Waals surface area contributed by atoms with Crippen LogP contribution >= 0.6 is 58.5 Å². The average Bonchev–Trinajstić information content (AvgIpc) is 0.811. The maximum absolute atomic E-state index is 6.03. The van der Waals surface area contributed by atoms with Gasteiger partial charge in [0.15, 0.2) is 0 Å². The number of hydrogen-bond acceptors (Lipinski definition) is 20. The highest BCUT2D eigenvalue weighted by molar-refractivity contribution is 7.99. The fraction of sp³-hybridized carbons (Fsp3) is 0.149. The fourth-order valence-electron chi connectivity index (χ4n) is 10.8. The van der Waals surface area contributed by atoms with Gasteiger partial charge in [0.2, 0.25) is 11.1 Å². The first-order valence-electron chi connectivity index (χ1n) is 34.2. The van der Waals surface area contributed by atoms with Gasteiger partial charge in [-0.05, 0) is 253 Å². The molecule has 0 aliphatic rings. The lowest BCUT2D eigenvalue weighted by Gasteiger charge is -2.20. The Kier molecular flexibility index (Phi) is 30.5. The number of nitrogens with zero attached hydrogens (tertiary/aromatic N) is 13. The van der Waals surface area contributed by atoms with Crippen molar-refractivity contribution in [1.82, 2.24) is 49.8 Å². The van der Waals surface area contributed by atoms with E-state index in [1.54, 1.807) is 63.4 Å². The van der Waals surface area contributed by atoms with E-state index in [9.17, 15) is 0 Å². The third kappa shape index (κ3) is 22.7. The number of rotatable bonds is 13. The molecule has 22 heteroatoms. The van der Waals surface area contributed by atoms with E-state index in [2.05, 4.69) is 151 Å². The molecule has 0 aliphatic carbocycles. The van der Waals surface area contributed by atoms with Gasteiger partial charge in [-0.2, -0.15) is 4.98 Å². The molecule has 5 aromatic heterocycles. The molecular formula is C87H83Cl2N15O2S3.